The summed E-state index contributed by atoms with van der Waals surface area (Å²) < 4.78 is 1.68. The van der Waals surface area contributed by atoms with Crippen molar-refractivity contribution in [1.82, 2.24) is 4.98 Å². The molecule has 1 saturated heterocycles. The summed E-state index contributed by atoms with van der Waals surface area (Å²) in [6.45, 7) is 4.21. The minimum absolute atomic E-state index is 0.0753. The third kappa shape index (κ3) is 3.79. The Morgan fingerprint density at radius 1 is 1.11 bits per heavy atom. The molecular formula is C27H25N3O3S2. The van der Waals surface area contributed by atoms with Gasteiger partial charge in [0, 0.05) is 5.69 Å². The Morgan fingerprint density at radius 3 is 2.54 bits per heavy atom. The molecule has 1 N–H and O–H groups in total. The minimum Gasteiger partial charge on any atom is -0.325 e. The Kier molecular flexibility index (Phi) is 5.53. The topological polar surface area (TPSA) is 79.4 Å². The highest BCUT2D eigenvalue weighted by Gasteiger charge is 2.59. The van der Waals surface area contributed by atoms with Crippen molar-refractivity contribution in [2.24, 2.45) is 23.7 Å². The molecule has 1 aliphatic heterocycles. The van der Waals surface area contributed by atoms with Gasteiger partial charge < -0.3 is 5.32 Å². The van der Waals surface area contributed by atoms with Crippen molar-refractivity contribution in [3.8, 4) is 0 Å². The standard InChI is InChI=1S/C27H25N3O3S2/c1-14(2)18-5-3-4-6-19(18)28-22(31)13-34-27-29-20-10-9-17(12-21(20)35-27)30-25(32)23-15-7-8-16(11-15)24(23)26(30)33/h3-10,12,14-16,23-24H,11,13H2,1-2H3,(H,28,31)/t15-,16-,23+,24+/m0/s1. The van der Waals surface area contributed by atoms with Crippen LogP contribution in [0.5, 0.6) is 0 Å². The second-order valence-electron chi connectivity index (χ2n) is 9.72. The zero-order valence-corrected chi connectivity index (χ0v) is 21.1. The van der Waals surface area contributed by atoms with Crippen molar-refractivity contribution < 1.29 is 14.4 Å². The van der Waals surface area contributed by atoms with Gasteiger partial charge >= 0.3 is 0 Å². The van der Waals surface area contributed by atoms with Gasteiger partial charge in [-0.2, -0.15) is 0 Å². The second-order valence-corrected chi connectivity index (χ2v) is 12.0. The number of rotatable bonds is 6. The summed E-state index contributed by atoms with van der Waals surface area (Å²) in [7, 11) is 0. The predicted octanol–water partition coefficient (Wildman–Crippen LogP) is 5.46. The Balaban J connectivity index is 1.16. The number of carbonyl (C=O) groups is 3. The normalized spacial score (nSPS) is 24.7. The number of aromatic nitrogens is 1. The van der Waals surface area contributed by atoms with Gasteiger partial charge in [-0.3, -0.25) is 14.4 Å². The first-order valence-electron chi connectivity index (χ1n) is 11.9. The van der Waals surface area contributed by atoms with Crippen LogP contribution < -0.4 is 10.2 Å². The van der Waals surface area contributed by atoms with Crippen LogP contribution >= 0.6 is 23.1 Å². The Hall–Kier alpha value is -2.97. The molecule has 3 amide bonds. The number of thioether (sulfide) groups is 1. The monoisotopic (exact) mass is 503 g/mol. The molecule has 8 heteroatoms. The van der Waals surface area contributed by atoms with Crippen LogP contribution in [0.2, 0.25) is 0 Å². The fraction of sp³-hybridized carbons (Fsp3) is 0.333. The number of para-hydroxylation sites is 1. The van der Waals surface area contributed by atoms with E-state index >= 15 is 0 Å². The molecule has 35 heavy (non-hydrogen) atoms. The van der Waals surface area contributed by atoms with Crippen molar-refractivity contribution >= 4 is 62.4 Å². The molecule has 3 aromatic rings. The van der Waals surface area contributed by atoms with E-state index < -0.39 is 0 Å². The number of carbonyl (C=O) groups excluding carboxylic acids is 3. The van der Waals surface area contributed by atoms with Crippen LogP contribution in [0, 0.1) is 23.7 Å². The number of imide groups is 1. The highest BCUT2D eigenvalue weighted by molar-refractivity contribution is 8.01. The van der Waals surface area contributed by atoms with Crippen LogP contribution in [0.4, 0.5) is 11.4 Å². The molecule has 2 heterocycles. The molecule has 0 unspecified atom stereocenters. The number of benzene rings is 2. The van der Waals surface area contributed by atoms with E-state index in [-0.39, 0.29) is 47.1 Å². The first-order valence-corrected chi connectivity index (χ1v) is 13.7. The molecule has 1 saturated carbocycles. The van der Waals surface area contributed by atoms with E-state index in [1.54, 1.807) is 6.07 Å². The highest BCUT2D eigenvalue weighted by atomic mass is 32.2. The van der Waals surface area contributed by atoms with Crippen LogP contribution in [-0.4, -0.2) is 28.5 Å². The van der Waals surface area contributed by atoms with Crippen LogP contribution in [0.25, 0.3) is 10.2 Å². The Labute approximate surface area is 211 Å². The van der Waals surface area contributed by atoms with Crippen molar-refractivity contribution in [2.45, 2.75) is 30.5 Å². The van der Waals surface area contributed by atoms with Crippen LogP contribution in [0.15, 0.2) is 59.0 Å². The molecule has 2 bridgehead atoms. The molecule has 3 aliphatic rings. The van der Waals surface area contributed by atoms with Gasteiger partial charge in [-0.1, -0.05) is 56.0 Å². The van der Waals surface area contributed by atoms with Gasteiger partial charge in [0.25, 0.3) is 0 Å². The first kappa shape index (κ1) is 22.5. The lowest BCUT2D eigenvalue weighted by Crippen LogP contribution is -2.32. The lowest BCUT2D eigenvalue weighted by atomic mass is 9.85. The number of hydrogen-bond acceptors (Lipinski definition) is 6. The molecule has 2 fully saturated rings. The summed E-state index contributed by atoms with van der Waals surface area (Å²) in [5.41, 5.74) is 3.37. The van der Waals surface area contributed by atoms with Crippen molar-refractivity contribution in [3.05, 3.63) is 60.2 Å². The van der Waals surface area contributed by atoms with Gasteiger partial charge in [0.15, 0.2) is 4.34 Å². The predicted molar refractivity (Wildman–Crippen MR) is 140 cm³/mol. The lowest BCUT2D eigenvalue weighted by Gasteiger charge is -2.17. The fourth-order valence-corrected chi connectivity index (χ4v) is 7.58. The van der Waals surface area contributed by atoms with Gasteiger partial charge in [-0.25, -0.2) is 9.88 Å². The largest absolute Gasteiger partial charge is 0.325 e. The van der Waals surface area contributed by atoms with Crippen LogP contribution in [0.1, 0.15) is 31.7 Å². The number of amides is 3. The van der Waals surface area contributed by atoms with Gasteiger partial charge in [-0.15, -0.1) is 11.3 Å². The summed E-state index contributed by atoms with van der Waals surface area (Å²) in [5.74, 6) is 0.313. The van der Waals surface area contributed by atoms with Gasteiger partial charge in [0.2, 0.25) is 17.7 Å². The fourth-order valence-electron chi connectivity index (χ4n) is 5.68. The van der Waals surface area contributed by atoms with E-state index in [2.05, 4.69) is 36.3 Å². The quantitative estimate of drug-likeness (QED) is 0.274. The maximum absolute atomic E-state index is 13.1. The van der Waals surface area contributed by atoms with Crippen LogP contribution in [-0.2, 0) is 14.4 Å². The van der Waals surface area contributed by atoms with E-state index in [0.29, 0.717) is 11.6 Å². The summed E-state index contributed by atoms with van der Waals surface area (Å²) >= 11 is 2.86. The number of anilines is 2. The van der Waals surface area contributed by atoms with Crippen molar-refractivity contribution in [1.29, 1.82) is 0 Å². The van der Waals surface area contributed by atoms with Gasteiger partial charge in [-0.05, 0) is 54.0 Å². The number of thiazole rings is 1. The van der Waals surface area contributed by atoms with Crippen LogP contribution in [0.3, 0.4) is 0 Å². The second kappa shape index (κ2) is 8.60. The molecule has 6 nitrogen and oxygen atoms in total. The first-order chi connectivity index (χ1) is 16.9. The summed E-state index contributed by atoms with van der Waals surface area (Å²) in [6.07, 6.45) is 5.13. The molecular weight excluding hydrogens is 478 g/mol. The smallest absolute Gasteiger partial charge is 0.238 e. The molecule has 6 rings (SSSR count). The Bertz CT molecular complexity index is 1370. The Morgan fingerprint density at radius 2 is 1.83 bits per heavy atom. The summed E-state index contributed by atoms with van der Waals surface area (Å²) in [6, 6.07) is 13.4. The molecule has 0 radical (unpaired) electrons. The molecule has 2 aromatic carbocycles. The number of hydrogen-bond donors (Lipinski definition) is 1. The van der Waals surface area contributed by atoms with Gasteiger partial charge in [0.1, 0.15) is 0 Å². The van der Waals surface area contributed by atoms with E-state index in [9.17, 15) is 14.4 Å². The number of allylic oxidation sites excluding steroid dienone is 2. The molecule has 4 atom stereocenters. The number of fused-ring (bicyclic) bond motifs is 6. The molecule has 2 aliphatic carbocycles. The highest BCUT2D eigenvalue weighted by Crippen LogP contribution is 2.53. The van der Waals surface area contributed by atoms with E-state index in [0.717, 1.165) is 32.2 Å². The van der Waals surface area contributed by atoms with E-state index in [1.165, 1.54) is 28.0 Å². The molecule has 178 valence electrons. The summed E-state index contributed by atoms with van der Waals surface area (Å²) in [4.78, 5) is 44.9. The molecule has 1 aromatic heterocycles. The minimum atomic E-state index is -0.208. The molecule has 0 spiro atoms. The van der Waals surface area contributed by atoms with Crippen molar-refractivity contribution in [3.63, 3.8) is 0 Å². The lowest BCUT2D eigenvalue weighted by molar-refractivity contribution is -0.123. The average Bonchev–Trinajstić information content (AvgIpc) is 3.60. The third-order valence-corrected chi connectivity index (χ3v) is 9.43. The number of nitrogens with one attached hydrogen (secondary N) is 1. The van der Waals surface area contributed by atoms with E-state index in [4.69, 9.17) is 0 Å². The summed E-state index contributed by atoms with van der Waals surface area (Å²) in [5, 5.41) is 3.01. The van der Waals surface area contributed by atoms with E-state index in [1.807, 2.05) is 36.4 Å². The van der Waals surface area contributed by atoms with Gasteiger partial charge in [0.05, 0.1) is 33.5 Å². The SMILES string of the molecule is CC(C)c1ccccc1NC(=O)CSc1nc2ccc(N3C(=O)[C@H]4[C@H](C3=O)[C@H]3C=C[C@H]4C3)cc2s1. The third-order valence-electron chi connectivity index (χ3n) is 7.26. The maximum Gasteiger partial charge on any atom is 0.238 e. The zero-order chi connectivity index (χ0) is 24.3. The maximum atomic E-state index is 13.1. The number of nitrogens with zero attached hydrogens (tertiary/aromatic N) is 2. The zero-order valence-electron chi connectivity index (χ0n) is 19.4. The van der Waals surface area contributed by atoms with Crippen molar-refractivity contribution in [2.75, 3.05) is 16.0 Å². The average molecular weight is 504 g/mol.